The van der Waals surface area contributed by atoms with Crippen molar-refractivity contribution in [2.45, 2.75) is 39.7 Å². The molecule has 1 heterocycles. The summed E-state index contributed by atoms with van der Waals surface area (Å²) in [4.78, 5) is 24.7. The summed E-state index contributed by atoms with van der Waals surface area (Å²) >= 11 is 0. The molecule has 3 nitrogen and oxygen atoms in total. The second-order valence-corrected chi connectivity index (χ2v) is 4.80. The summed E-state index contributed by atoms with van der Waals surface area (Å²) in [5.74, 6) is 2.11. The lowest BCUT2D eigenvalue weighted by molar-refractivity contribution is -0.144. The van der Waals surface area contributed by atoms with Gasteiger partial charge < -0.3 is 0 Å². The number of amides is 2. The van der Waals surface area contributed by atoms with Gasteiger partial charge in [0.1, 0.15) is 5.54 Å². The second-order valence-electron chi connectivity index (χ2n) is 4.80. The maximum atomic E-state index is 11.9. The van der Waals surface area contributed by atoms with Crippen LogP contribution in [0.1, 0.15) is 34.1 Å². The number of carbonyl (C=O) groups is 2. The zero-order valence-corrected chi connectivity index (χ0v) is 9.05. The maximum absolute atomic E-state index is 11.9. The lowest BCUT2D eigenvalue weighted by atomic mass is 9.91. The number of hydrogen-bond donors (Lipinski definition) is 0. The predicted molar refractivity (Wildman–Crippen MR) is 53.2 cm³/mol. The Hall–Kier alpha value is -1.30. The fraction of sp³-hybridized carbons (Fsp3) is 0.636. The highest BCUT2D eigenvalue weighted by atomic mass is 16.2. The van der Waals surface area contributed by atoms with Gasteiger partial charge in [-0.1, -0.05) is 19.8 Å². The van der Waals surface area contributed by atoms with Gasteiger partial charge in [0.2, 0.25) is 11.8 Å². The van der Waals surface area contributed by atoms with Gasteiger partial charge in [0, 0.05) is 6.42 Å². The molecule has 1 aliphatic heterocycles. The molecule has 0 aromatic carbocycles. The van der Waals surface area contributed by atoms with Crippen molar-refractivity contribution < 1.29 is 9.59 Å². The van der Waals surface area contributed by atoms with Gasteiger partial charge in [0.05, 0.1) is 5.41 Å². The van der Waals surface area contributed by atoms with Crippen LogP contribution < -0.4 is 0 Å². The van der Waals surface area contributed by atoms with Crippen molar-refractivity contribution in [3.05, 3.63) is 0 Å². The first-order chi connectivity index (χ1) is 6.22. The van der Waals surface area contributed by atoms with Crippen molar-refractivity contribution >= 4 is 11.8 Å². The molecule has 76 valence electrons. The second kappa shape index (κ2) is 2.84. The SMILES string of the molecule is C#CC(C)(C)N1C(=O)CC(C)(C)C1=O. The highest BCUT2D eigenvalue weighted by Crippen LogP contribution is 2.35. The lowest BCUT2D eigenvalue weighted by Crippen LogP contribution is -2.47. The average Bonchev–Trinajstić information content (AvgIpc) is 2.22. The van der Waals surface area contributed by atoms with Crippen LogP contribution >= 0.6 is 0 Å². The average molecular weight is 193 g/mol. The predicted octanol–water partition coefficient (Wildman–Crippen LogP) is 1.18. The largest absolute Gasteiger partial charge is 0.274 e. The van der Waals surface area contributed by atoms with Gasteiger partial charge in [-0.3, -0.25) is 14.5 Å². The van der Waals surface area contributed by atoms with Gasteiger partial charge >= 0.3 is 0 Å². The monoisotopic (exact) mass is 193 g/mol. The summed E-state index contributed by atoms with van der Waals surface area (Å²) in [5, 5.41) is 0. The van der Waals surface area contributed by atoms with E-state index in [1.807, 2.05) is 0 Å². The van der Waals surface area contributed by atoms with E-state index in [9.17, 15) is 9.59 Å². The molecule has 0 unspecified atom stereocenters. The summed E-state index contributed by atoms with van der Waals surface area (Å²) in [6, 6.07) is 0. The molecular formula is C11H15NO2. The Kier molecular flexibility index (Phi) is 2.19. The van der Waals surface area contributed by atoms with E-state index in [1.165, 1.54) is 4.90 Å². The van der Waals surface area contributed by atoms with Crippen LogP contribution in [0.5, 0.6) is 0 Å². The van der Waals surface area contributed by atoms with Crippen molar-refractivity contribution in [1.82, 2.24) is 4.90 Å². The molecule has 0 spiro atoms. The van der Waals surface area contributed by atoms with Crippen molar-refractivity contribution in [3.8, 4) is 12.3 Å². The third-order valence-corrected chi connectivity index (χ3v) is 2.54. The van der Waals surface area contributed by atoms with E-state index in [4.69, 9.17) is 6.42 Å². The summed E-state index contributed by atoms with van der Waals surface area (Å²) in [5.41, 5.74) is -1.42. The van der Waals surface area contributed by atoms with Crippen LogP contribution in [0, 0.1) is 17.8 Å². The third-order valence-electron chi connectivity index (χ3n) is 2.54. The zero-order valence-electron chi connectivity index (χ0n) is 9.05. The molecule has 14 heavy (non-hydrogen) atoms. The van der Waals surface area contributed by atoms with Crippen LogP contribution in [0.25, 0.3) is 0 Å². The molecule has 0 aliphatic carbocycles. The Morgan fingerprint density at radius 1 is 1.43 bits per heavy atom. The minimum Gasteiger partial charge on any atom is -0.274 e. The number of imide groups is 1. The van der Waals surface area contributed by atoms with Crippen LogP contribution in [0.4, 0.5) is 0 Å². The lowest BCUT2D eigenvalue weighted by Gasteiger charge is -2.29. The van der Waals surface area contributed by atoms with E-state index in [-0.39, 0.29) is 18.2 Å². The van der Waals surface area contributed by atoms with Gasteiger partial charge in [0.25, 0.3) is 0 Å². The fourth-order valence-electron chi connectivity index (χ4n) is 1.58. The Bertz CT molecular complexity index is 334. The van der Waals surface area contributed by atoms with Crippen LogP contribution in [0.2, 0.25) is 0 Å². The fourth-order valence-corrected chi connectivity index (χ4v) is 1.58. The third kappa shape index (κ3) is 1.41. The van der Waals surface area contributed by atoms with Gasteiger partial charge in [-0.2, -0.15) is 0 Å². The topological polar surface area (TPSA) is 37.4 Å². The molecule has 1 fully saturated rings. The minimum atomic E-state index is -0.818. The van der Waals surface area contributed by atoms with Gasteiger partial charge in [-0.15, -0.1) is 6.42 Å². The van der Waals surface area contributed by atoms with Crippen molar-refractivity contribution in [2.75, 3.05) is 0 Å². The molecule has 1 saturated heterocycles. The van der Waals surface area contributed by atoms with Crippen LogP contribution in [-0.2, 0) is 9.59 Å². The highest BCUT2D eigenvalue weighted by molar-refractivity contribution is 6.06. The smallest absolute Gasteiger partial charge is 0.236 e. The van der Waals surface area contributed by atoms with Crippen molar-refractivity contribution in [2.24, 2.45) is 5.41 Å². The normalized spacial score (nSPS) is 21.2. The standard InChI is InChI=1S/C11H15NO2/c1-6-11(4,5)12-8(13)7-10(2,3)9(12)14/h1H,7H2,2-5H3. The van der Waals surface area contributed by atoms with Crippen LogP contribution in [0.15, 0.2) is 0 Å². The van der Waals surface area contributed by atoms with E-state index in [0.717, 1.165) is 0 Å². The summed E-state index contributed by atoms with van der Waals surface area (Å²) < 4.78 is 0. The Morgan fingerprint density at radius 2 is 1.93 bits per heavy atom. The molecule has 0 radical (unpaired) electrons. The van der Waals surface area contributed by atoms with Gasteiger partial charge in [-0.25, -0.2) is 0 Å². The first-order valence-corrected chi connectivity index (χ1v) is 4.57. The van der Waals surface area contributed by atoms with E-state index < -0.39 is 11.0 Å². The molecule has 0 saturated carbocycles. The molecule has 0 aromatic heterocycles. The number of terminal acetylenes is 1. The molecule has 3 heteroatoms. The van der Waals surface area contributed by atoms with E-state index in [1.54, 1.807) is 27.7 Å². The van der Waals surface area contributed by atoms with E-state index >= 15 is 0 Å². The number of hydrogen-bond acceptors (Lipinski definition) is 2. The Morgan fingerprint density at radius 3 is 2.21 bits per heavy atom. The Labute approximate surface area is 84.5 Å². The van der Waals surface area contributed by atoms with Crippen molar-refractivity contribution in [3.63, 3.8) is 0 Å². The molecule has 0 atom stereocenters. The summed E-state index contributed by atoms with van der Waals surface area (Å²) in [6.07, 6.45) is 5.55. The highest BCUT2D eigenvalue weighted by Gasteiger charge is 2.49. The molecule has 1 aliphatic rings. The van der Waals surface area contributed by atoms with Crippen molar-refractivity contribution in [1.29, 1.82) is 0 Å². The summed E-state index contributed by atoms with van der Waals surface area (Å²) in [7, 11) is 0. The van der Waals surface area contributed by atoms with Crippen LogP contribution in [0.3, 0.4) is 0 Å². The number of rotatable bonds is 1. The van der Waals surface area contributed by atoms with Gasteiger partial charge in [0.15, 0.2) is 0 Å². The Balaban J connectivity index is 3.11. The molecule has 0 aromatic rings. The first kappa shape index (κ1) is 10.8. The number of nitrogens with zero attached hydrogens (tertiary/aromatic N) is 1. The zero-order chi connectivity index (χ0) is 11.1. The molecular weight excluding hydrogens is 178 g/mol. The molecule has 0 bridgehead atoms. The minimum absolute atomic E-state index is 0.176. The number of likely N-dealkylation sites (tertiary alicyclic amines) is 1. The van der Waals surface area contributed by atoms with E-state index in [2.05, 4.69) is 5.92 Å². The molecule has 2 amide bonds. The number of carbonyl (C=O) groups excluding carboxylic acids is 2. The first-order valence-electron chi connectivity index (χ1n) is 4.57. The maximum Gasteiger partial charge on any atom is 0.236 e. The van der Waals surface area contributed by atoms with Crippen LogP contribution in [-0.4, -0.2) is 22.3 Å². The molecule has 1 rings (SSSR count). The molecule has 0 N–H and O–H groups in total. The summed E-state index contributed by atoms with van der Waals surface area (Å²) in [6.45, 7) is 6.92. The van der Waals surface area contributed by atoms with E-state index in [0.29, 0.717) is 0 Å². The quantitative estimate of drug-likeness (QED) is 0.463. The van der Waals surface area contributed by atoms with Gasteiger partial charge in [-0.05, 0) is 13.8 Å².